The zero-order valence-electron chi connectivity index (χ0n) is 11.9. The quantitative estimate of drug-likeness (QED) is 0.686. The number of nitro benzene ring substituents is 1. The molecule has 3 rings (SSSR count). The lowest BCUT2D eigenvalue weighted by Crippen LogP contribution is -2.47. The van der Waals surface area contributed by atoms with Crippen LogP contribution in [0.5, 0.6) is 0 Å². The molecular formula is C15H20ClN3O2. The lowest BCUT2D eigenvalue weighted by molar-refractivity contribution is -0.385. The van der Waals surface area contributed by atoms with Gasteiger partial charge < -0.3 is 5.32 Å². The summed E-state index contributed by atoms with van der Waals surface area (Å²) in [6, 6.07) is 5.05. The molecule has 5 nitrogen and oxygen atoms in total. The van der Waals surface area contributed by atoms with E-state index in [0.29, 0.717) is 10.9 Å². The van der Waals surface area contributed by atoms with Gasteiger partial charge in [-0.15, -0.1) is 0 Å². The number of piperazine rings is 1. The number of nitrogens with zero attached hydrogens (tertiary/aromatic N) is 2. The van der Waals surface area contributed by atoms with E-state index < -0.39 is 0 Å². The van der Waals surface area contributed by atoms with E-state index in [9.17, 15) is 10.1 Å². The third kappa shape index (κ3) is 3.05. The Bertz CT molecular complexity index is 528. The van der Waals surface area contributed by atoms with E-state index in [2.05, 4.69) is 10.2 Å². The Hall–Kier alpha value is -1.17. The number of nitro groups is 1. The minimum Gasteiger partial charge on any atom is -0.314 e. The lowest BCUT2D eigenvalue weighted by Gasteiger charge is -2.43. The minimum absolute atomic E-state index is 0.133. The molecule has 1 aliphatic heterocycles. The molecule has 0 unspecified atom stereocenters. The van der Waals surface area contributed by atoms with Crippen molar-refractivity contribution in [1.29, 1.82) is 0 Å². The first-order valence-corrected chi connectivity index (χ1v) is 7.93. The van der Waals surface area contributed by atoms with Gasteiger partial charge in [0.1, 0.15) is 0 Å². The highest BCUT2D eigenvalue weighted by Gasteiger charge is 2.35. The molecule has 0 radical (unpaired) electrons. The van der Waals surface area contributed by atoms with Gasteiger partial charge in [0, 0.05) is 49.4 Å². The predicted molar refractivity (Wildman–Crippen MR) is 82.6 cm³/mol. The molecule has 6 heteroatoms. The number of halogens is 1. The SMILES string of the molecule is O=[N+]([O-])c1ccc(Cl)c([C@H](C2CCC2)N2CCNCC2)c1. The second-order valence-electron chi connectivity index (χ2n) is 5.88. The van der Waals surface area contributed by atoms with Gasteiger partial charge >= 0.3 is 0 Å². The molecule has 1 atom stereocenters. The maximum Gasteiger partial charge on any atom is 0.269 e. The van der Waals surface area contributed by atoms with Crippen LogP contribution in [0, 0.1) is 16.0 Å². The molecule has 1 aliphatic carbocycles. The van der Waals surface area contributed by atoms with Crippen molar-refractivity contribution in [1.82, 2.24) is 10.2 Å². The summed E-state index contributed by atoms with van der Waals surface area (Å²) in [6.07, 6.45) is 3.63. The number of benzene rings is 1. The smallest absolute Gasteiger partial charge is 0.269 e. The Labute approximate surface area is 129 Å². The molecule has 1 aromatic rings. The van der Waals surface area contributed by atoms with Crippen LogP contribution in [0.4, 0.5) is 5.69 Å². The number of non-ortho nitro benzene ring substituents is 1. The van der Waals surface area contributed by atoms with Gasteiger partial charge in [0.05, 0.1) is 4.92 Å². The first-order chi connectivity index (χ1) is 10.2. The molecule has 1 aromatic carbocycles. The summed E-state index contributed by atoms with van der Waals surface area (Å²) in [5, 5.41) is 15.1. The average molecular weight is 310 g/mol. The molecule has 0 amide bonds. The monoisotopic (exact) mass is 309 g/mol. The van der Waals surface area contributed by atoms with Gasteiger partial charge in [-0.25, -0.2) is 0 Å². The molecule has 114 valence electrons. The van der Waals surface area contributed by atoms with Gasteiger partial charge in [-0.2, -0.15) is 0 Å². The Balaban J connectivity index is 1.94. The van der Waals surface area contributed by atoms with E-state index in [0.717, 1.165) is 31.7 Å². The predicted octanol–water partition coefficient (Wildman–Crippen LogP) is 2.99. The third-order valence-electron chi connectivity index (χ3n) is 4.65. The summed E-state index contributed by atoms with van der Waals surface area (Å²) in [4.78, 5) is 13.2. The van der Waals surface area contributed by atoms with Crippen molar-refractivity contribution in [2.75, 3.05) is 26.2 Å². The second-order valence-corrected chi connectivity index (χ2v) is 6.29. The maximum absolute atomic E-state index is 11.1. The van der Waals surface area contributed by atoms with Gasteiger partial charge in [-0.1, -0.05) is 18.0 Å². The van der Waals surface area contributed by atoms with Crippen LogP contribution in [0.15, 0.2) is 18.2 Å². The first kappa shape index (κ1) is 14.8. The third-order valence-corrected chi connectivity index (χ3v) is 4.99. The van der Waals surface area contributed by atoms with E-state index in [1.165, 1.54) is 25.3 Å². The molecule has 1 N–H and O–H groups in total. The van der Waals surface area contributed by atoms with Crippen molar-refractivity contribution >= 4 is 17.3 Å². The van der Waals surface area contributed by atoms with Crippen LogP contribution in [0.1, 0.15) is 30.9 Å². The van der Waals surface area contributed by atoms with Crippen LogP contribution >= 0.6 is 11.6 Å². The van der Waals surface area contributed by atoms with Gasteiger partial charge in [0.15, 0.2) is 0 Å². The fourth-order valence-corrected chi connectivity index (χ4v) is 3.57. The van der Waals surface area contributed by atoms with E-state index >= 15 is 0 Å². The summed E-state index contributed by atoms with van der Waals surface area (Å²) in [5.41, 5.74) is 1.06. The fourth-order valence-electron chi connectivity index (χ4n) is 3.34. The van der Waals surface area contributed by atoms with Crippen molar-refractivity contribution in [3.63, 3.8) is 0 Å². The van der Waals surface area contributed by atoms with E-state index in [-0.39, 0.29) is 16.7 Å². The maximum atomic E-state index is 11.1. The molecular weight excluding hydrogens is 290 g/mol. The summed E-state index contributed by atoms with van der Waals surface area (Å²) in [5.74, 6) is 0.572. The normalized spacial score (nSPS) is 21.8. The Morgan fingerprint density at radius 1 is 1.33 bits per heavy atom. The first-order valence-electron chi connectivity index (χ1n) is 7.55. The number of rotatable bonds is 4. The van der Waals surface area contributed by atoms with E-state index in [1.807, 2.05) is 0 Å². The highest BCUT2D eigenvalue weighted by atomic mass is 35.5. The Kier molecular flexibility index (Phi) is 4.42. The van der Waals surface area contributed by atoms with Gasteiger partial charge in [-0.05, 0) is 30.4 Å². The van der Waals surface area contributed by atoms with E-state index in [1.54, 1.807) is 12.1 Å². The van der Waals surface area contributed by atoms with Crippen LogP contribution < -0.4 is 5.32 Å². The second kappa shape index (κ2) is 6.30. The van der Waals surface area contributed by atoms with Crippen LogP contribution in [-0.2, 0) is 0 Å². The number of hydrogen-bond acceptors (Lipinski definition) is 4. The molecule has 2 fully saturated rings. The van der Waals surface area contributed by atoms with Crippen molar-refractivity contribution in [2.24, 2.45) is 5.92 Å². The lowest BCUT2D eigenvalue weighted by atomic mass is 9.76. The van der Waals surface area contributed by atoms with Crippen molar-refractivity contribution in [3.8, 4) is 0 Å². The largest absolute Gasteiger partial charge is 0.314 e. The number of hydrogen-bond donors (Lipinski definition) is 1. The molecule has 0 bridgehead atoms. The van der Waals surface area contributed by atoms with Gasteiger partial charge in [0.25, 0.3) is 5.69 Å². The topological polar surface area (TPSA) is 58.4 Å². The standard InChI is InChI=1S/C15H20ClN3O2/c16-14-5-4-12(19(20)21)10-13(14)15(11-2-1-3-11)18-8-6-17-7-9-18/h4-5,10-11,15,17H,1-3,6-9H2/t15-/m0/s1. The molecule has 0 aromatic heterocycles. The molecule has 1 heterocycles. The average Bonchev–Trinajstić information content (AvgIpc) is 2.44. The highest BCUT2D eigenvalue weighted by molar-refractivity contribution is 6.31. The number of nitrogens with one attached hydrogen (secondary N) is 1. The summed E-state index contributed by atoms with van der Waals surface area (Å²) in [7, 11) is 0. The molecule has 21 heavy (non-hydrogen) atoms. The summed E-state index contributed by atoms with van der Waals surface area (Å²) in [6.45, 7) is 3.88. The molecule has 0 spiro atoms. The van der Waals surface area contributed by atoms with Crippen LogP contribution in [0.3, 0.4) is 0 Å². The molecule has 1 saturated heterocycles. The van der Waals surface area contributed by atoms with Crippen molar-refractivity contribution < 1.29 is 4.92 Å². The van der Waals surface area contributed by atoms with Gasteiger partial charge in [0.2, 0.25) is 0 Å². The van der Waals surface area contributed by atoms with Crippen LogP contribution in [0.2, 0.25) is 5.02 Å². The zero-order chi connectivity index (χ0) is 14.8. The molecule has 2 aliphatic rings. The zero-order valence-corrected chi connectivity index (χ0v) is 12.7. The minimum atomic E-state index is -0.338. The van der Waals surface area contributed by atoms with Crippen LogP contribution in [0.25, 0.3) is 0 Å². The van der Waals surface area contributed by atoms with Crippen molar-refractivity contribution in [2.45, 2.75) is 25.3 Å². The van der Waals surface area contributed by atoms with Gasteiger partial charge in [-0.3, -0.25) is 15.0 Å². The molecule has 1 saturated carbocycles. The Morgan fingerprint density at radius 3 is 2.62 bits per heavy atom. The summed E-state index contributed by atoms with van der Waals surface area (Å²) >= 11 is 6.38. The fraction of sp³-hybridized carbons (Fsp3) is 0.600. The summed E-state index contributed by atoms with van der Waals surface area (Å²) < 4.78 is 0. The highest BCUT2D eigenvalue weighted by Crippen LogP contribution is 2.44. The Morgan fingerprint density at radius 2 is 2.05 bits per heavy atom. The van der Waals surface area contributed by atoms with Crippen LogP contribution in [-0.4, -0.2) is 36.0 Å². The van der Waals surface area contributed by atoms with E-state index in [4.69, 9.17) is 11.6 Å². The van der Waals surface area contributed by atoms with Crippen molar-refractivity contribution in [3.05, 3.63) is 38.9 Å².